The number of halogens is 3. The van der Waals surface area contributed by atoms with Crippen molar-refractivity contribution in [3.63, 3.8) is 0 Å². The summed E-state index contributed by atoms with van der Waals surface area (Å²) in [5, 5.41) is 0. The van der Waals surface area contributed by atoms with Gasteiger partial charge in [0.25, 0.3) is 5.56 Å². The first-order chi connectivity index (χ1) is 20.0. The highest BCUT2D eigenvalue weighted by Crippen LogP contribution is 2.33. The van der Waals surface area contributed by atoms with Gasteiger partial charge in [0.2, 0.25) is 0 Å². The molecular formula is C31H30F3N3O5. The topological polar surface area (TPSA) is 82.9 Å². The molecule has 4 aromatic rings. The lowest BCUT2D eigenvalue weighted by Crippen LogP contribution is -2.33. The molecule has 0 aliphatic rings. The summed E-state index contributed by atoms with van der Waals surface area (Å²) < 4.78 is 56.8. The third kappa shape index (κ3) is 6.40. The fourth-order valence-electron chi connectivity index (χ4n) is 4.73. The number of carbonyl (C=O) groups excluding carboxylic acids is 1. The van der Waals surface area contributed by atoms with Crippen molar-refractivity contribution in [1.82, 2.24) is 9.55 Å². The van der Waals surface area contributed by atoms with Crippen LogP contribution >= 0.6 is 0 Å². The average Bonchev–Trinajstić information content (AvgIpc) is 2.97. The average molecular weight is 582 g/mol. The van der Waals surface area contributed by atoms with Crippen LogP contribution in [0.5, 0.6) is 11.5 Å². The zero-order valence-corrected chi connectivity index (χ0v) is 23.8. The summed E-state index contributed by atoms with van der Waals surface area (Å²) in [6.45, 7) is 3.45. The van der Waals surface area contributed by atoms with Crippen LogP contribution in [0.4, 0.5) is 19.0 Å². The second kappa shape index (κ2) is 12.4. The molecule has 0 N–H and O–H groups in total. The number of aryl methyl sites for hydroxylation is 2. The quantitative estimate of drug-likeness (QED) is 0.228. The summed E-state index contributed by atoms with van der Waals surface area (Å²) in [7, 11) is 4.27. The number of hydrogen-bond donors (Lipinski definition) is 0. The van der Waals surface area contributed by atoms with Gasteiger partial charge in [-0.2, -0.15) is 13.2 Å². The van der Waals surface area contributed by atoms with Gasteiger partial charge in [0, 0.05) is 13.1 Å². The Hall–Kier alpha value is -4.80. The molecule has 0 unspecified atom stereocenters. The molecular weight excluding hydrogens is 551 g/mol. The number of methoxy groups -OCH3 is 3. The molecule has 0 fully saturated rings. The lowest BCUT2D eigenvalue weighted by Gasteiger charge is -2.26. The molecule has 0 spiro atoms. The van der Waals surface area contributed by atoms with Crippen molar-refractivity contribution in [2.24, 2.45) is 0 Å². The van der Waals surface area contributed by atoms with E-state index >= 15 is 0 Å². The number of benzene rings is 3. The first kappa shape index (κ1) is 30.2. The zero-order chi connectivity index (χ0) is 30.6. The van der Waals surface area contributed by atoms with E-state index in [0.717, 1.165) is 34.9 Å². The van der Waals surface area contributed by atoms with Crippen LogP contribution in [-0.2, 0) is 24.0 Å². The van der Waals surface area contributed by atoms with E-state index in [-0.39, 0.29) is 41.3 Å². The fraction of sp³-hybridized carbons (Fsp3) is 0.258. The van der Waals surface area contributed by atoms with Crippen molar-refractivity contribution in [2.45, 2.75) is 33.1 Å². The Bertz CT molecular complexity index is 1560. The van der Waals surface area contributed by atoms with Crippen LogP contribution in [-0.4, -0.2) is 36.8 Å². The normalized spacial score (nSPS) is 11.2. The van der Waals surface area contributed by atoms with Crippen LogP contribution in [0.1, 0.15) is 38.2 Å². The van der Waals surface area contributed by atoms with Crippen LogP contribution < -0.4 is 19.9 Å². The Balaban J connectivity index is 1.87. The summed E-state index contributed by atoms with van der Waals surface area (Å²) in [6.07, 6.45) is -3.33. The maximum Gasteiger partial charge on any atom is 0.416 e. The Labute approximate surface area is 240 Å². The van der Waals surface area contributed by atoms with E-state index < -0.39 is 23.3 Å². The molecule has 0 atom stereocenters. The monoisotopic (exact) mass is 581 g/mol. The van der Waals surface area contributed by atoms with Gasteiger partial charge < -0.3 is 19.1 Å². The molecule has 42 heavy (non-hydrogen) atoms. The summed E-state index contributed by atoms with van der Waals surface area (Å²) in [4.78, 5) is 33.3. The number of aromatic nitrogens is 2. The molecule has 1 aromatic heterocycles. The molecule has 3 aromatic carbocycles. The second-order valence-electron chi connectivity index (χ2n) is 9.62. The molecule has 0 amide bonds. The lowest BCUT2D eigenvalue weighted by molar-refractivity contribution is -0.137. The Kier molecular flexibility index (Phi) is 8.89. The van der Waals surface area contributed by atoms with Crippen LogP contribution in [0.2, 0.25) is 0 Å². The van der Waals surface area contributed by atoms with Gasteiger partial charge in [-0.15, -0.1) is 0 Å². The van der Waals surface area contributed by atoms with Crippen molar-refractivity contribution in [2.75, 3.05) is 26.2 Å². The minimum absolute atomic E-state index is 0.0666. The van der Waals surface area contributed by atoms with Crippen molar-refractivity contribution in [3.05, 3.63) is 111 Å². The van der Waals surface area contributed by atoms with E-state index in [0.29, 0.717) is 11.5 Å². The molecule has 0 radical (unpaired) electrons. The molecule has 8 nitrogen and oxygen atoms in total. The SMILES string of the molecule is COC(=O)c1c(N(Cc2ccc(OC)cc2)Cc2ccc(OC)cc2)ncn(-c2c(C)cc(C(F)(F)F)cc2C)c1=O. The van der Waals surface area contributed by atoms with Gasteiger partial charge in [-0.3, -0.25) is 9.36 Å². The zero-order valence-electron chi connectivity index (χ0n) is 23.8. The Morgan fingerprint density at radius 3 is 1.74 bits per heavy atom. The lowest BCUT2D eigenvalue weighted by atomic mass is 10.0. The molecule has 0 bridgehead atoms. The van der Waals surface area contributed by atoms with Gasteiger partial charge in [0.05, 0.1) is 32.6 Å². The number of anilines is 1. The maximum absolute atomic E-state index is 13.9. The number of hydrogen-bond acceptors (Lipinski definition) is 7. The van der Waals surface area contributed by atoms with Gasteiger partial charge in [0.15, 0.2) is 11.4 Å². The van der Waals surface area contributed by atoms with Gasteiger partial charge in [0.1, 0.15) is 17.8 Å². The van der Waals surface area contributed by atoms with Gasteiger partial charge in [-0.05, 0) is 72.5 Å². The Morgan fingerprint density at radius 2 is 1.33 bits per heavy atom. The largest absolute Gasteiger partial charge is 0.497 e. The molecule has 0 saturated carbocycles. The first-order valence-corrected chi connectivity index (χ1v) is 12.9. The highest BCUT2D eigenvalue weighted by molar-refractivity contribution is 5.94. The summed E-state index contributed by atoms with van der Waals surface area (Å²) in [5.41, 5.74) is 0.339. The van der Waals surface area contributed by atoms with Crippen LogP contribution in [0.3, 0.4) is 0 Å². The number of esters is 1. The van der Waals surface area contributed by atoms with Crippen molar-refractivity contribution in [3.8, 4) is 17.2 Å². The van der Waals surface area contributed by atoms with E-state index in [4.69, 9.17) is 14.2 Å². The van der Waals surface area contributed by atoms with Crippen molar-refractivity contribution >= 4 is 11.8 Å². The minimum Gasteiger partial charge on any atom is -0.497 e. The molecule has 0 aliphatic carbocycles. The van der Waals surface area contributed by atoms with Gasteiger partial charge >= 0.3 is 12.1 Å². The van der Waals surface area contributed by atoms with E-state index in [1.165, 1.54) is 20.2 Å². The highest BCUT2D eigenvalue weighted by atomic mass is 19.4. The van der Waals surface area contributed by atoms with E-state index in [2.05, 4.69) is 4.98 Å². The molecule has 11 heteroatoms. The second-order valence-corrected chi connectivity index (χ2v) is 9.62. The number of ether oxygens (including phenoxy) is 3. The summed E-state index contributed by atoms with van der Waals surface area (Å²) in [6, 6.07) is 16.5. The molecule has 220 valence electrons. The molecule has 0 aliphatic heterocycles. The smallest absolute Gasteiger partial charge is 0.416 e. The Morgan fingerprint density at radius 1 is 0.857 bits per heavy atom. The minimum atomic E-state index is -4.55. The molecule has 1 heterocycles. The highest BCUT2D eigenvalue weighted by Gasteiger charge is 2.32. The third-order valence-corrected chi connectivity index (χ3v) is 6.77. The first-order valence-electron chi connectivity index (χ1n) is 12.9. The predicted octanol–water partition coefficient (Wildman–Crippen LogP) is 5.88. The number of alkyl halides is 3. The van der Waals surface area contributed by atoms with Gasteiger partial charge in [-0.1, -0.05) is 24.3 Å². The van der Waals surface area contributed by atoms with Gasteiger partial charge in [-0.25, -0.2) is 9.78 Å². The van der Waals surface area contributed by atoms with Crippen LogP contribution in [0.25, 0.3) is 5.69 Å². The van der Waals surface area contributed by atoms with E-state index in [9.17, 15) is 22.8 Å². The van der Waals surface area contributed by atoms with E-state index in [1.54, 1.807) is 43.4 Å². The predicted molar refractivity (Wildman–Crippen MR) is 152 cm³/mol. The molecule has 4 rings (SSSR count). The van der Waals surface area contributed by atoms with Crippen LogP contribution in [0, 0.1) is 13.8 Å². The van der Waals surface area contributed by atoms with Crippen molar-refractivity contribution in [1.29, 1.82) is 0 Å². The number of nitrogens with zero attached hydrogens (tertiary/aromatic N) is 3. The molecule has 0 saturated heterocycles. The number of rotatable bonds is 9. The standard InChI is InChI=1S/C31H30F3N3O5/c1-19-14-23(31(32,33)34)15-20(2)27(19)37-18-35-28(26(29(37)38)30(39)42-5)36(16-21-6-10-24(40-3)11-7-21)17-22-8-12-25(41-4)13-9-22/h6-15,18H,16-17H2,1-5H3. The van der Waals surface area contributed by atoms with Crippen LogP contribution in [0.15, 0.2) is 71.8 Å². The fourth-order valence-corrected chi connectivity index (χ4v) is 4.73. The van der Waals surface area contributed by atoms with E-state index in [1.807, 2.05) is 24.3 Å². The maximum atomic E-state index is 13.9. The third-order valence-electron chi connectivity index (χ3n) is 6.77. The summed E-state index contributed by atoms with van der Waals surface area (Å²) in [5.74, 6) is 0.475. The number of carbonyl (C=O) groups is 1. The summed E-state index contributed by atoms with van der Waals surface area (Å²) >= 11 is 0. The van der Waals surface area contributed by atoms with Crippen molar-refractivity contribution < 1.29 is 32.2 Å².